The van der Waals surface area contributed by atoms with E-state index in [-0.39, 0.29) is 12.3 Å². The first kappa shape index (κ1) is 16.3. The molecule has 7 heteroatoms. The molecule has 1 aromatic heterocycles. The molecule has 2 aromatic rings. The van der Waals surface area contributed by atoms with E-state index in [1.54, 1.807) is 0 Å². The third kappa shape index (κ3) is 5.68. The number of hydrogen-bond acceptors (Lipinski definition) is 4. The van der Waals surface area contributed by atoms with Crippen molar-refractivity contribution < 1.29 is 9.00 Å². The molecule has 4 nitrogen and oxygen atoms in total. The van der Waals surface area contributed by atoms with Gasteiger partial charge in [0.1, 0.15) is 5.01 Å². The molecule has 1 N–H and O–H groups in total. The lowest BCUT2D eigenvalue weighted by molar-refractivity contribution is -0.115. The average molecular weight is 387 g/mol. The van der Waals surface area contributed by atoms with Crippen LogP contribution >= 0.6 is 27.3 Å². The van der Waals surface area contributed by atoms with Crippen LogP contribution in [0.2, 0.25) is 0 Å². The minimum absolute atomic E-state index is 0.124. The highest BCUT2D eigenvalue weighted by Gasteiger charge is 2.09. The van der Waals surface area contributed by atoms with Crippen molar-refractivity contribution in [1.82, 2.24) is 4.98 Å². The van der Waals surface area contributed by atoms with Gasteiger partial charge in [0.2, 0.25) is 5.91 Å². The molecule has 1 amide bonds. The summed E-state index contributed by atoms with van der Waals surface area (Å²) in [5.74, 6) is 0.645. The number of halogens is 1. The second-order valence-electron chi connectivity index (χ2n) is 4.48. The van der Waals surface area contributed by atoms with Crippen LogP contribution in [0.1, 0.15) is 17.1 Å². The van der Waals surface area contributed by atoms with Gasteiger partial charge in [0, 0.05) is 44.2 Å². The Bertz CT molecular complexity index is 641. The predicted molar refractivity (Wildman–Crippen MR) is 91.0 cm³/mol. The van der Waals surface area contributed by atoms with E-state index in [0.717, 1.165) is 20.9 Å². The molecule has 0 radical (unpaired) electrons. The Morgan fingerprint density at radius 1 is 1.38 bits per heavy atom. The number of rotatable bonds is 6. The zero-order chi connectivity index (χ0) is 15.2. The Kier molecular flexibility index (Phi) is 6.08. The summed E-state index contributed by atoms with van der Waals surface area (Å²) in [6.07, 6.45) is 0.243. The van der Waals surface area contributed by atoms with Crippen LogP contribution in [0.4, 0.5) is 5.69 Å². The van der Waals surface area contributed by atoms with Crippen LogP contribution in [0.25, 0.3) is 0 Å². The van der Waals surface area contributed by atoms with Gasteiger partial charge >= 0.3 is 0 Å². The summed E-state index contributed by atoms with van der Waals surface area (Å²) >= 11 is 4.84. The number of thiazole rings is 1. The van der Waals surface area contributed by atoms with Gasteiger partial charge < -0.3 is 5.32 Å². The number of hydrogen-bond donors (Lipinski definition) is 1. The van der Waals surface area contributed by atoms with Gasteiger partial charge in [-0.3, -0.25) is 9.00 Å². The van der Waals surface area contributed by atoms with Crippen molar-refractivity contribution in [2.45, 2.75) is 19.1 Å². The van der Waals surface area contributed by atoms with E-state index in [2.05, 4.69) is 26.2 Å². The fourth-order valence-corrected chi connectivity index (χ4v) is 4.03. The van der Waals surface area contributed by atoms with E-state index >= 15 is 0 Å². The minimum Gasteiger partial charge on any atom is -0.326 e. The van der Waals surface area contributed by atoms with E-state index in [0.29, 0.717) is 11.5 Å². The van der Waals surface area contributed by atoms with Gasteiger partial charge in [-0.2, -0.15) is 0 Å². The van der Waals surface area contributed by atoms with Gasteiger partial charge in [-0.25, -0.2) is 4.98 Å². The van der Waals surface area contributed by atoms with Gasteiger partial charge in [-0.05, 0) is 31.2 Å². The highest BCUT2D eigenvalue weighted by atomic mass is 79.9. The molecular weight excluding hydrogens is 372 g/mol. The van der Waals surface area contributed by atoms with E-state index < -0.39 is 10.8 Å². The fraction of sp³-hybridized carbons (Fsp3) is 0.286. The molecule has 0 bridgehead atoms. The van der Waals surface area contributed by atoms with Crippen molar-refractivity contribution >= 4 is 49.7 Å². The molecule has 2 rings (SSSR count). The molecule has 0 saturated heterocycles. The lowest BCUT2D eigenvalue weighted by atomic mass is 10.3. The summed E-state index contributed by atoms with van der Waals surface area (Å²) in [4.78, 5) is 16.1. The van der Waals surface area contributed by atoms with Gasteiger partial charge in [0.05, 0.1) is 5.75 Å². The zero-order valence-electron chi connectivity index (χ0n) is 11.5. The molecule has 1 unspecified atom stereocenters. The first-order valence-electron chi connectivity index (χ1n) is 6.34. The molecule has 0 spiro atoms. The monoisotopic (exact) mass is 386 g/mol. The Morgan fingerprint density at radius 2 is 2.10 bits per heavy atom. The smallest absolute Gasteiger partial charge is 0.225 e. The van der Waals surface area contributed by atoms with E-state index in [4.69, 9.17) is 0 Å². The molecule has 0 aliphatic heterocycles. The molecule has 1 atom stereocenters. The van der Waals surface area contributed by atoms with Crippen LogP contribution < -0.4 is 5.32 Å². The van der Waals surface area contributed by atoms with Crippen molar-refractivity contribution in [1.29, 1.82) is 0 Å². The molecule has 0 aliphatic carbocycles. The van der Waals surface area contributed by atoms with E-state index in [1.165, 1.54) is 11.3 Å². The van der Waals surface area contributed by atoms with Crippen LogP contribution in [-0.2, 0) is 21.3 Å². The largest absolute Gasteiger partial charge is 0.326 e. The Hall–Kier alpha value is -1.05. The van der Waals surface area contributed by atoms with Crippen molar-refractivity contribution in [3.05, 3.63) is 44.8 Å². The van der Waals surface area contributed by atoms with Crippen LogP contribution in [0.15, 0.2) is 34.1 Å². The van der Waals surface area contributed by atoms with Crippen LogP contribution in [0.3, 0.4) is 0 Å². The second kappa shape index (κ2) is 7.82. The van der Waals surface area contributed by atoms with Crippen molar-refractivity contribution in [3.8, 4) is 0 Å². The molecule has 1 heterocycles. The molecule has 0 saturated carbocycles. The van der Waals surface area contributed by atoms with Crippen LogP contribution in [0, 0.1) is 6.92 Å². The number of nitrogens with one attached hydrogen (secondary N) is 1. The second-order valence-corrected chi connectivity index (χ2v) is 7.91. The predicted octanol–water partition coefficient (Wildman–Crippen LogP) is 3.49. The summed E-state index contributed by atoms with van der Waals surface area (Å²) in [7, 11) is -1.06. The highest BCUT2D eigenvalue weighted by Crippen LogP contribution is 2.15. The SMILES string of the molecule is Cc1csc(CS(=O)CCC(=O)Nc2ccc(Br)cc2)n1. The number of aromatic nitrogens is 1. The lowest BCUT2D eigenvalue weighted by Crippen LogP contribution is -2.15. The third-order valence-electron chi connectivity index (χ3n) is 2.64. The molecule has 21 heavy (non-hydrogen) atoms. The van der Waals surface area contributed by atoms with Gasteiger partial charge in [-0.15, -0.1) is 11.3 Å². The summed E-state index contributed by atoms with van der Waals surface area (Å²) in [5.41, 5.74) is 1.68. The lowest BCUT2D eigenvalue weighted by Gasteiger charge is -2.05. The standard InChI is InChI=1S/C14H15BrN2O2S2/c1-10-8-20-14(16-10)9-21(19)7-6-13(18)17-12-4-2-11(15)3-5-12/h2-5,8H,6-7,9H2,1H3,(H,17,18). The van der Waals surface area contributed by atoms with Crippen LogP contribution in [0.5, 0.6) is 0 Å². The number of carbonyl (C=O) groups excluding carboxylic acids is 1. The maximum Gasteiger partial charge on any atom is 0.225 e. The first-order chi connectivity index (χ1) is 10.0. The zero-order valence-corrected chi connectivity index (χ0v) is 14.7. The minimum atomic E-state index is -1.06. The Labute approximate surface area is 138 Å². The average Bonchev–Trinajstić information content (AvgIpc) is 2.84. The van der Waals surface area contributed by atoms with Crippen molar-refractivity contribution in [2.75, 3.05) is 11.1 Å². The third-order valence-corrected chi connectivity index (χ3v) is 5.57. The summed E-state index contributed by atoms with van der Waals surface area (Å²) in [6, 6.07) is 7.35. The molecule has 0 aliphatic rings. The number of amides is 1. The maximum absolute atomic E-state index is 11.9. The quantitative estimate of drug-likeness (QED) is 0.826. The number of carbonyl (C=O) groups is 1. The first-order valence-corrected chi connectivity index (χ1v) is 9.50. The van der Waals surface area contributed by atoms with E-state index in [1.807, 2.05) is 36.6 Å². The molecular formula is C14H15BrN2O2S2. The topological polar surface area (TPSA) is 59.1 Å². The fourth-order valence-electron chi connectivity index (χ4n) is 1.64. The van der Waals surface area contributed by atoms with Crippen molar-refractivity contribution in [2.24, 2.45) is 0 Å². The number of nitrogens with zero attached hydrogens (tertiary/aromatic N) is 1. The highest BCUT2D eigenvalue weighted by molar-refractivity contribution is 9.10. The number of benzene rings is 1. The Morgan fingerprint density at radius 3 is 2.71 bits per heavy atom. The van der Waals surface area contributed by atoms with E-state index in [9.17, 15) is 9.00 Å². The van der Waals surface area contributed by atoms with Gasteiger partial charge in [0.25, 0.3) is 0 Å². The molecule has 112 valence electrons. The number of anilines is 1. The maximum atomic E-state index is 11.9. The van der Waals surface area contributed by atoms with Crippen molar-refractivity contribution in [3.63, 3.8) is 0 Å². The van der Waals surface area contributed by atoms with Gasteiger partial charge in [-0.1, -0.05) is 15.9 Å². The number of aryl methyl sites for hydroxylation is 1. The van der Waals surface area contributed by atoms with Gasteiger partial charge in [0.15, 0.2) is 0 Å². The summed E-state index contributed by atoms with van der Waals surface area (Å²) in [5, 5.41) is 5.58. The summed E-state index contributed by atoms with van der Waals surface area (Å²) < 4.78 is 12.9. The van der Waals surface area contributed by atoms with Crippen LogP contribution in [-0.4, -0.2) is 20.9 Å². The normalized spacial score (nSPS) is 12.1. The molecule has 0 fully saturated rings. The summed E-state index contributed by atoms with van der Waals surface area (Å²) in [6.45, 7) is 1.91. The molecule has 1 aromatic carbocycles. The Balaban J connectivity index is 1.75.